The summed E-state index contributed by atoms with van der Waals surface area (Å²) < 4.78 is 0. The third-order valence-electron chi connectivity index (χ3n) is 9.12. The van der Waals surface area contributed by atoms with Gasteiger partial charge in [0.15, 0.2) is 0 Å². The highest BCUT2D eigenvalue weighted by Gasteiger charge is 2.65. The van der Waals surface area contributed by atoms with Crippen molar-refractivity contribution in [2.45, 2.75) is 18.3 Å². The third kappa shape index (κ3) is 2.99. The Morgan fingerprint density at radius 1 is 0.775 bits per heavy atom. The molecule has 1 saturated heterocycles. The molecule has 0 aromatic heterocycles. The first-order valence-electron chi connectivity index (χ1n) is 13.8. The number of hydrogen-bond donors (Lipinski definition) is 0. The van der Waals surface area contributed by atoms with Crippen molar-refractivity contribution >= 4 is 40.2 Å². The average Bonchev–Trinajstić information content (AvgIpc) is 3.23. The summed E-state index contributed by atoms with van der Waals surface area (Å²) in [4.78, 5) is 35.8. The van der Waals surface area contributed by atoms with Gasteiger partial charge in [0, 0.05) is 17.5 Å². The van der Waals surface area contributed by atoms with Gasteiger partial charge in [-0.2, -0.15) is 0 Å². The fourth-order valence-corrected chi connectivity index (χ4v) is 7.45. The number of anilines is 1. The minimum atomic E-state index is -0.896. The molecule has 0 spiro atoms. The van der Waals surface area contributed by atoms with Crippen molar-refractivity contribution in [1.29, 1.82) is 0 Å². The first-order chi connectivity index (χ1) is 19.6. The normalized spacial score (nSPS) is 24.4. The quantitative estimate of drug-likeness (QED) is 0.189. The number of benzene rings is 5. The van der Waals surface area contributed by atoms with Crippen LogP contribution in [0.25, 0.3) is 10.8 Å². The van der Waals surface area contributed by atoms with Crippen molar-refractivity contribution < 1.29 is 9.59 Å². The maximum absolute atomic E-state index is 14.8. The molecule has 11 rings (SSSR count). The molecule has 4 heteroatoms. The molecule has 0 saturated carbocycles. The number of imide groups is 1. The third-order valence-corrected chi connectivity index (χ3v) is 9.12. The van der Waals surface area contributed by atoms with Gasteiger partial charge in [0.2, 0.25) is 11.8 Å². The average molecular weight is 519 g/mol. The van der Waals surface area contributed by atoms with Crippen molar-refractivity contribution in [2.75, 3.05) is 4.90 Å². The second-order valence-electron chi connectivity index (χ2n) is 11.2. The van der Waals surface area contributed by atoms with Gasteiger partial charge in [0.05, 0.1) is 28.6 Å². The van der Waals surface area contributed by atoms with Crippen LogP contribution in [0.3, 0.4) is 0 Å². The maximum Gasteiger partial charge on any atom is 0.239 e. The number of fused-ring (bicyclic) bond motifs is 1. The van der Waals surface area contributed by atoms with Crippen LogP contribution in [0, 0.1) is 18.8 Å². The molecular weight excluding hydrogens is 492 g/mol. The molecule has 5 aromatic rings. The topological polar surface area (TPSA) is 49.7 Å². The van der Waals surface area contributed by atoms with E-state index < -0.39 is 17.3 Å². The van der Waals surface area contributed by atoms with E-state index in [1.54, 1.807) is 0 Å². The van der Waals surface area contributed by atoms with Gasteiger partial charge in [-0.15, -0.1) is 0 Å². The summed E-state index contributed by atoms with van der Waals surface area (Å²) in [5.74, 6) is -1.67. The largest absolute Gasteiger partial charge is 0.274 e. The zero-order valence-corrected chi connectivity index (χ0v) is 22.0. The van der Waals surface area contributed by atoms with E-state index in [-0.39, 0.29) is 17.7 Å². The molecule has 1 fully saturated rings. The van der Waals surface area contributed by atoms with E-state index in [9.17, 15) is 9.59 Å². The molecular formula is C36H26N2O2. The lowest BCUT2D eigenvalue weighted by Gasteiger charge is -2.48. The number of aryl methyl sites for hydroxylation is 1. The van der Waals surface area contributed by atoms with Crippen LogP contribution in [0.15, 0.2) is 120 Å². The number of carbonyl (C=O) groups is 2. The van der Waals surface area contributed by atoms with Gasteiger partial charge in [0.25, 0.3) is 0 Å². The standard InChI is InChI=1S/C36H26N2O2/c1-22-8-6-11-26(20-22)37-21-36-25-18-16-24(17-19-25)31(28-13-4-5-14-29(28)36)32-33(36)35(40)38(34(32)39)30-15-7-10-23-9-2-3-12-27(23)30/h2-21,31-33H,1H3/t31-,32-,33-,36+/m0/s1. The van der Waals surface area contributed by atoms with E-state index >= 15 is 0 Å². The number of nitrogens with zero attached hydrogens (tertiary/aromatic N) is 2. The Morgan fingerprint density at radius 2 is 1.52 bits per heavy atom. The zero-order valence-electron chi connectivity index (χ0n) is 22.0. The van der Waals surface area contributed by atoms with Gasteiger partial charge in [-0.25, -0.2) is 4.90 Å². The molecule has 1 heterocycles. The molecule has 0 unspecified atom stereocenters. The Labute approximate surface area is 232 Å². The first kappa shape index (κ1) is 23.1. The van der Waals surface area contributed by atoms with Gasteiger partial charge in [0.1, 0.15) is 0 Å². The van der Waals surface area contributed by atoms with E-state index in [0.717, 1.165) is 44.3 Å². The number of aliphatic imine (C=N–C) groups is 1. The molecule has 192 valence electrons. The van der Waals surface area contributed by atoms with Crippen LogP contribution in [-0.2, 0) is 15.0 Å². The zero-order chi connectivity index (χ0) is 27.0. The van der Waals surface area contributed by atoms with Crippen LogP contribution in [0.4, 0.5) is 11.4 Å². The summed E-state index contributed by atoms with van der Waals surface area (Å²) >= 11 is 0. The SMILES string of the molecule is Cc1cccc(N=C[C@@]23c4ccc(cc4)[C@@H](c4ccccc42)[C@@H]2C(=O)N(c4cccc5ccccc45)C(=O)[C@H]23)c1. The number of hydrogen-bond acceptors (Lipinski definition) is 3. The second-order valence-corrected chi connectivity index (χ2v) is 11.2. The Hall–Kier alpha value is -4.83. The molecule has 4 nitrogen and oxygen atoms in total. The predicted octanol–water partition coefficient (Wildman–Crippen LogP) is 7.10. The van der Waals surface area contributed by atoms with Crippen LogP contribution in [-0.4, -0.2) is 18.0 Å². The van der Waals surface area contributed by atoms with Gasteiger partial charge < -0.3 is 0 Å². The summed E-state index contributed by atoms with van der Waals surface area (Å²) in [6.45, 7) is 2.05. The molecule has 6 aliphatic rings. The molecule has 5 aliphatic carbocycles. The molecule has 2 amide bonds. The van der Waals surface area contributed by atoms with Crippen LogP contribution in [0.1, 0.15) is 33.7 Å². The summed E-state index contributed by atoms with van der Waals surface area (Å²) in [7, 11) is 0. The van der Waals surface area contributed by atoms with Crippen LogP contribution < -0.4 is 4.90 Å². The number of carbonyl (C=O) groups excluding carboxylic acids is 2. The Kier molecular flexibility index (Phi) is 4.81. The highest BCUT2D eigenvalue weighted by atomic mass is 16.2. The number of rotatable bonds is 3. The van der Waals surface area contributed by atoms with Crippen molar-refractivity contribution in [1.82, 2.24) is 0 Å². The van der Waals surface area contributed by atoms with Gasteiger partial charge in [-0.05, 0) is 58.3 Å². The van der Waals surface area contributed by atoms with E-state index in [4.69, 9.17) is 4.99 Å². The molecule has 0 N–H and O–H groups in total. The monoisotopic (exact) mass is 518 g/mol. The summed E-state index contributed by atoms with van der Waals surface area (Å²) in [6, 6.07) is 38.6. The molecule has 5 aromatic carbocycles. The molecule has 40 heavy (non-hydrogen) atoms. The van der Waals surface area contributed by atoms with Crippen LogP contribution in [0.5, 0.6) is 0 Å². The number of amides is 2. The predicted molar refractivity (Wildman–Crippen MR) is 158 cm³/mol. The minimum Gasteiger partial charge on any atom is -0.274 e. The lowest BCUT2D eigenvalue weighted by atomic mass is 9.52. The lowest BCUT2D eigenvalue weighted by Crippen LogP contribution is -2.51. The van der Waals surface area contributed by atoms with Crippen molar-refractivity contribution in [3.63, 3.8) is 0 Å². The fourth-order valence-electron chi connectivity index (χ4n) is 7.45. The Balaban J connectivity index is 1.41. The first-order valence-corrected chi connectivity index (χ1v) is 13.8. The fraction of sp³-hybridized carbons (Fsp3) is 0.139. The summed E-state index contributed by atoms with van der Waals surface area (Å²) in [5.41, 5.74) is 5.90. The van der Waals surface area contributed by atoms with Crippen LogP contribution >= 0.6 is 0 Å². The maximum atomic E-state index is 14.8. The smallest absolute Gasteiger partial charge is 0.239 e. The summed E-state index contributed by atoms with van der Waals surface area (Å²) in [5, 5.41) is 1.90. The van der Waals surface area contributed by atoms with Gasteiger partial charge in [-0.1, -0.05) is 97.1 Å². The second kappa shape index (κ2) is 8.33. The lowest BCUT2D eigenvalue weighted by molar-refractivity contribution is -0.122. The molecule has 4 bridgehead atoms. The molecule has 0 radical (unpaired) electrons. The van der Waals surface area contributed by atoms with Gasteiger partial charge >= 0.3 is 0 Å². The highest BCUT2D eigenvalue weighted by Crippen LogP contribution is 2.60. The minimum absolute atomic E-state index is 0.137. The molecule has 1 aliphatic heterocycles. The highest BCUT2D eigenvalue weighted by molar-refractivity contribution is 6.27. The van der Waals surface area contributed by atoms with E-state index in [1.165, 1.54) is 4.90 Å². The Bertz CT molecular complexity index is 1880. The Morgan fingerprint density at radius 3 is 2.38 bits per heavy atom. The van der Waals surface area contributed by atoms with E-state index in [0.29, 0.717) is 5.69 Å². The van der Waals surface area contributed by atoms with E-state index in [1.807, 2.05) is 92.0 Å². The van der Waals surface area contributed by atoms with Gasteiger partial charge in [-0.3, -0.25) is 14.6 Å². The van der Waals surface area contributed by atoms with Crippen molar-refractivity contribution in [2.24, 2.45) is 16.8 Å². The summed E-state index contributed by atoms with van der Waals surface area (Å²) in [6.07, 6.45) is 1.95. The molecule has 4 atom stereocenters. The van der Waals surface area contributed by atoms with E-state index in [2.05, 4.69) is 36.4 Å². The van der Waals surface area contributed by atoms with Crippen molar-refractivity contribution in [3.8, 4) is 0 Å². The van der Waals surface area contributed by atoms with Crippen molar-refractivity contribution in [3.05, 3.63) is 143 Å². The van der Waals surface area contributed by atoms with Crippen LogP contribution in [0.2, 0.25) is 0 Å².